The summed E-state index contributed by atoms with van der Waals surface area (Å²) in [6, 6.07) is 32.8. The number of carbonyl (C=O) groups excluding carboxylic acids is 1. The number of hydrogen-bond donors (Lipinski definition) is 1. The molecule has 0 aliphatic carbocycles. The van der Waals surface area contributed by atoms with Gasteiger partial charge in [-0.3, -0.25) is 4.79 Å². The Morgan fingerprint density at radius 2 is 1.50 bits per heavy atom. The molecule has 40 heavy (non-hydrogen) atoms. The predicted molar refractivity (Wildman–Crippen MR) is 158 cm³/mol. The van der Waals surface area contributed by atoms with Crippen LogP contribution in [0.1, 0.15) is 54.1 Å². The van der Waals surface area contributed by atoms with Crippen LogP contribution in [0, 0.1) is 5.41 Å². The fourth-order valence-corrected chi connectivity index (χ4v) is 5.08. The minimum Gasteiger partial charge on any atom is -0.493 e. The fourth-order valence-electron chi connectivity index (χ4n) is 5.08. The Hall–Kier alpha value is -4.71. The lowest BCUT2D eigenvalue weighted by Gasteiger charge is -2.40. The van der Waals surface area contributed by atoms with Crippen molar-refractivity contribution in [2.45, 2.75) is 39.9 Å². The second-order valence-electron chi connectivity index (χ2n) is 11.1. The quantitative estimate of drug-likeness (QED) is 0.232. The molecular weight excluding hydrogens is 496 g/mol. The summed E-state index contributed by atoms with van der Waals surface area (Å²) >= 11 is 0. The largest absolute Gasteiger partial charge is 0.493 e. The maximum atomic E-state index is 14.3. The van der Waals surface area contributed by atoms with Crippen molar-refractivity contribution in [1.82, 2.24) is 19.4 Å². The van der Waals surface area contributed by atoms with Crippen molar-refractivity contribution in [3.63, 3.8) is 0 Å². The van der Waals surface area contributed by atoms with E-state index < -0.39 is 6.04 Å². The third kappa shape index (κ3) is 6.12. The summed E-state index contributed by atoms with van der Waals surface area (Å²) in [5, 5.41) is 10.1. The van der Waals surface area contributed by atoms with Gasteiger partial charge in [-0.2, -0.15) is 0 Å². The van der Waals surface area contributed by atoms with Gasteiger partial charge in [0, 0.05) is 42.7 Å². The predicted octanol–water partition coefficient (Wildman–Crippen LogP) is 7.13. The first-order valence-electron chi connectivity index (χ1n) is 13.5. The molecule has 5 aromatic rings. The number of nitrogens with zero attached hydrogens (tertiary/aromatic N) is 4. The standard InChI is InChI=1S/C34H34N4O2/c1-34(2,3)31(38(23-26-19-20-35-30(39)21-26)33(40)28-17-11-6-12-18-28)32-36-29(27-15-9-5-10-16-27)24-37(32)22-25-13-7-4-8-14-25/h4-21,24,31H,22-23H2,1-3H3,(H,35,39)/t31-/m0/s1. The Bertz CT molecular complexity index is 1560. The third-order valence-corrected chi connectivity index (χ3v) is 6.89. The number of hydrogen-bond acceptors (Lipinski definition) is 4. The first kappa shape index (κ1) is 26.9. The van der Waals surface area contributed by atoms with Crippen LogP contribution in [0.2, 0.25) is 0 Å². The van der Waals surface area contributed by atoms with Gasteiger partial charge in [0.2, 0.25) is 5.88 Å². The van der Waals surface area contributed by atoms with Crippen molar-refractivity contribution in [2.75, 3.05) is 0 Å². The lowest BCUT2D eigenvalue weighted by molar-refractivity contribution is 0.0456. The van der Waals surface area contributed by atoms with Crippen molar-refractivity contribution in [2.24, 2.45) is 5.41 Å². The topological polar surface area (TPSA) is 71.2 Å². The van der Waals surface area contributed by atoms with Crippen LogP contribution in [0.5, 0.6) is 5.88 Å². The van der Waals surface area contributed by atoms with Crippen LogP contribution in [0.4, 0.5) is 0 Å². The molecule has 2 heterocycles. The van der Waals surface area contributed by atoms with Crippen LogP contribution < -0.4 is 0 Å². The van der Waals surface area contributed by atoms with Crippen LogP contribution in [-0.2, 0) is 13.1 Å². The highest BCUT2D eigenvalue weighted by Gasteiger charge is 2.39. The van der Waals surface area contributed by atoms with Gasteiger partial charge >= 0.3 is 0 Å². The van der Waals surface area contributed by atoms with E-state index >= 15 is 0 Å². The van der Waals surface area contributed by atoms with Gasteiger partial charge in [0.25, 0.3) is 5.91 Å². The molecule has 202 valence electrons. The zero-order chi connectivity index (χ0) is 28.1. The van der Waals surface area contributed by atoms with Gasteiger partial charge < -0.3 is 14.6 Å². The lowest BCUT2D eigenvalue weighted by Crippen LogP contribution is -2.42. The van der Waals surface area contributed by atoms with Crippen LogP contribution in [0.3, 0.4) is 0 Å². The minimum atomic E-state index is -0.392. The Labute approximate surface area is 235 Å². The summed E-state index contributed by atoms with van der Waals surface area (Å²) in [7, 11) is 0. The molecule has 0 saturated carbocycles. The third-order valence-electron chi connectivity index (χ3n) is 6.89. The normalized spacial score (nSPS) is 12.2. The van der Waals surface area contributed by atoms with Crippen molar-refractivity contribution < 1.29 is 9.90 Å². The molecule has 6 nitrogen and oxygen atoms in total. The maximum absolute atomic E-state index is 14.3. The second kappa shape index (κ2) is 11.6. The number of pyridine rings is 1. The van der Waals surface area contributed by atoms with E-state index in [0.717, 1.165) is 28.2 Å². The molecule has 0 unspecified atom stereocenters. The Balaban J connectivity index is 1.68. The van der Waals surface area contributed by atoms with E-state index in [1.54, 1.807) is 12.3 Å². The van der Waals surface area contributed by atoms with Crippen molar-refractivity contribution >= 4 is 5.91 Å². The number of aromatic nitrogens is 3. The fraction of sp³-hybridized carbons (Fsp3) is 0.206. The van der Waals surface area contributed by atoms with Gasteiger partial charge in [0.15, 0.2) is 0 Å². The summed E-state index contributed by atoms with van der Waals surface area (Å²) in [4.78, 5) is 25.3. The van der Waals surface area contributed by atoms with E-state index in [1.165, 1.54) is 0 Å². The van der Waals surface area contributed by atoms with Gasteiger partial charge in [-0.15, -0.1) is 0 Å². The van der Waals surface area contributed by atoms with Gasteiger partial charge in [-0.05, 0) is 34.7 Å². The molecule has 1 amide bonds. The number of aromatic hydroxyl groups is 1. The van der Waals surface area contributed by atoms with E-state index in [-0.39, 0.29) is 23.7 Å². The van der Waals surface area contributed by atoms with Crippen LogP contribution in [-0.4, -0.2) is 30.4 Å². The highest BCUT2D eigenvalue weighted by molar-refractivity contribution is 5.94. The average molecular weight is 531 g/mol. The molecule has 0 spiro atoms. The van der Waals surface area contributed by atoms with E-state index in [9.17, 15) is 9.90 Å². The van der Waals surface area contributed by atoms with Gasteiger partial charge in [-0.1, -0.05) is 99.6 Å². The van der Waals surface area contributed by atoms with Crippen LogP contribution in [0.25, 0.3) is 11.3 Å². The molecule has 2 aromatic heterocycles. The molecule has 1 N–H and O–H groups in total. The summed E-state index contributed by atoms with van der Waals surface area (Å²) in [5.41, 5.74) is 4.02. The number of carbonyl (C=O) groups is 1. The number of rotatable bonds is 8. The number of benzene rings is 3. The molecule has 0 aliphatic heterocycles. The summed E-state index contributed by atoms with van der Waals surface area (Å²) in [6.45, 7) is 7.31. The summed E-state index contributed by atoms with van der Waals surface area (Å²) in [6.07, 6.45) is 3.64. The molecule has 1 atom stereocenters. The highest BCUT2D eigenvalue weighted by Crippen LogP contribution is 2.40. The smallest absolute Gasteiger partial charge is 0.254 e. The van der Waals surface area contributed by atoms with E-state index in [0.29, 0.717) is 12.1 Å². The lowest BCUT2D eigenvalue weighted by atomic mass is 9.84. The molecule has 6 heteroatoms. The zero-order valence-electron chi connectivity index (χ0n) is 23.1. The molecule has 0 radical (unpaired) electrons. The summed E-state index contributed by atoms with van der Waals surface area (Å²) in [5.74, 6) is 0.624. The van der Waals surface area contributed by atoms with E-state index in [2.05, 4.69) is 60.8 Å². The SMILES string of the molecule is CC(C)(C)[C@H](c1nc(-c2ccccc2)cn1Cc1ccccc1)N(Cc1ccnc(O)c1)C(=O)c1ccccc1. The average Bonchev–Trinajstić information content (AvgIpc) is 3.36. The van der Waals surface area contributed by atoms with Crippen molar-refractivity contribution in [1.29, 1.82) is 0 Å². The highest BCUT2D eigenvalue weighted by atomic mass is 16.3. The number of imidazole rings is 1. The molecule has 3 aromatic carbocycles. The Morgan fingerprint density at radius 1 is 0.875 bits per heavy atom. The van der Waals surface area contributed by atoms with Crippen molar-refractivity contribution in [3.8, 4) is 17.1 Å². The first-order valence-corrected chi connectivity index (χ1v) is 13.5. The van der Waals surface area contributed by atoms with E-state index in [4.69, 9.17) is 4.98 Å². The Kier molecular flexibility index (Phi) is 7.78. The molecule has 0 aliphatic rings. The molecule has 5 rings (SSSR count). The summed E-state index contributed by atoms with van der Waals surface area (Å²) < 4.78 is 2.17. The first-order chi connectivity index (χ1) is 19.3. The monoisotopic (exact) mass is 530 g/mol. The van der Waals surface area contributed by atoms with Crippen LogP contribution >= 0.6 is 0 Å². The molecular formula is C34H34N4O2. The maximum Gasteiger partial charge on any atom is 0.254 e. The minimum absolute atomic E-state index is 0.0751. The van der Waals surface area contributed by atoms with Gasteiger partial charge in [-0.25, -0.2) is 9.97 Å². The van der Waals surface area contributed by atoms with Gasteiger partial charge in [0.05, 0.1) is 11.7 Å². The zero-order valence-corrected chi connectivity index (χ0v) is 23.1. The van der Waals surface area contributed by atoms with Crippen LogP contribution in [0.15, 0.2) is 116 Å². The van der Waals surface area contributed by atoms with Crippen molar-refractivity contribution in [3.05, 3.63) is 138 Å². The number of amides is 1. The molecule has 0 bridgehead atoms. The molecule has 0 saturated heterocycles. The Morgan fingerprint density at radius 3 is 2.12 bits per heavy atom. The van der Waals surface area contributed by atoms with Gasteiger partial charge in [0.1, 0.15) is 5.82 Å². The van der Waals surface area contributed by atoms with E-state index in [1.807, 2.05) is 77.7 Å². The molecule has 0 fully saturated rings. The second-order valence-corrected chi connectivity index (χ2v) is 11.1.